The van der Waals surface area contributed by atoms with Crippen LogP contribution in [0.4, 0.5) is 10.5 Å². The molecule has 0 spiro atoms. The zero-order valence-electron chi connectivity index (χ0n) is 17.1. The number of ether oxygens (including phenoxy) is 1. The molecular weight excluding hydrogens is 406 g/mol. The molecule has 1 amide bonds. The Balaban J connectivity index is 1.65. The molecule has 0 unspecified atom stereocenters. The molecule has 4 aromatic rings. The van der Waals surface area contributed by atoms with Crippen LogP contribution in [0.1, 0.15) is 18.1 Å². The van der Waals surface area contributed by atoms with E-state index in [0.29, 0.717) is 16.6 Å². The van der Waals surface area contributed by atoms with Crippen LogP contribution in [0.2, 0.25) is 0 Å². The van der Waals surface area contributed by atoms with Crippen LogP contribution in [0.3, 0.4) is 0 Å². The van der Waals surface area contributed by atoms with Crippen molar-refractivity contribution in [3.05, 3.63) is 96.6 Å². The van der Waals surface area contributed by atoms with E-state index in [9.17, 15) is 14.7 Å². The van der Waals surface area contributed by atoms with E-state index in [0.717, 1.165) is 22.2 Å². The largest absolute Gasteiger partial charge is 0.507 e. The van der Waals surface area contributed by atoms with E-state index in [4.69, 9.17) is 9.84 Å². The minimum absolute atomic E-state index is 0.115. The Labute approximate surface area is 184 Å². The highest BCUT2D eigenvalue weighted by Crippen LogP contribution is 2.34. The van der Waals surface area contributed by atoms with Gasteiger partial charge in [0.1, 0.15) is 11.9 Å². The topological polar surface area (TPSA) is 95.9 Å². The molecule has 0 aliphatic rings. The first-order valence-corrected chi connectivity index (χ1v) is 10.1. The summed E-state index contributed by atoms with van der Waals surface area (Å²) in [4.78, 5) is 23.7. The van der Waals surface area contributed by atoms with Gasteiger partial charge >= 0.3 is 12.1 Å². The van der Waals surface area contributed by atoms with Gasteiger partial charge in [0.15, 0.2) is 0 Å². The monoisotopic (exact) mass is 427 g/mol. The van der Waals surface area contributed by atoms with Crippen molar-refractivity contribution in [2.75, 3.05) is 5.32 Å². The van der Waals surface area contributed by atoms with Gasteiger partial charge in [0.05, 0.1) is 5.69 Å². The molecular formula is C26H21NO5. The molecule has 1 atom stereocenters. The number of aliphatic carboxylic acids is 1. The first-order chi connectivity index (χ1) is 15.5. The van der Waals surface area contributed by atoms with Crippen LogP contribution in [0.25, 0.3) is 21.5 Å². The molecule has 4 aromatic carbocycles. The minimum Gasteiger partial charge on any atom is -0.507 e. The number of carbonyl (C=O) groups is 2. The van der Waals surface area contributed by atoms with Gasteiger partial charge in [-0.05, 0) is 22.9 Å². The lowest BCUT2D eigenvalue weighted by Gasteiger charge is -2.20. The lowest BCUT2D eigenvalue weighted by molar-refractivity contribution is -0.131. The molecule has 0 saturated carbocycles. The van der Waals surface area contributed by atoms with Gasteiger partial charge in [-0.2, -0.15) is 0 Å². The third kappa shape index (κ3) is 4.54. The number of benzene rings is 4. The number of anilines is 1. The molecule has 0 saturated heterocycles. The van der Waals surface area contributed by atoms with Crippen molar-refractivity contribution in [3.8, 4) is 5.75 Å². The number of hydrogen-bond acceptors (Lipinski definition) is 4. The third-order valence-electron chi connectivity index (χ3n) is 5.17. The van der Waals surface area contributed by atoms with E-state index in [1.807, 2.05) is 48.5 Å². The fourth-order valence-electron chi connectivity index (χ4n) is 3.72. The second kappa shape index (κ2) is 9.22. The molecule has 3 N–H and O–H groups in total. The average Bonchev–Trinajstić information content (AvgIpc) is 2.79. The molecule has 0 aliphatic carbocycles. The van der Waals surface area contributed by atoms with Crippen molar-refractivity contribution in [1.29, 1.82) is 0 Å². The van der Waals surface area contributed by atoms with Crippen LogP contribution in [0, 0.1) is 0 Å². The number of rotatable bonds is 6. The first-order valence-electron chi connectivity index (χ1n) is 10.1. The number of fused-ring (bicyclic) bond motifs is 2. The van der Waals surface area contributed by atoms with E-state index in [-0.39, 0.29) is 12.2 Å². The third-order valence-corrected chi connectivity index (χ3v) is 5.17. The summed E-state index contributed by atoms with van der Waals surface area (Å²) in [6, 6.07) is 23.7. The zero-order valence-corrected chi connectivity index (χ0v) is 17.1. The number of phenols is 1. The molecule has 32 heavy (non-hydrogen) atoms. The lowest BCUT2D eigenvalue weighted by Crippen LogP contribution is -2.18. The smallest absolute Gasteiger partial charge is 0.412 e. The maximum absolute atomic E-state index is 12.8. The Bertz CT molecular complexity index is 1320. The predicted molar refractivity (Wildman–Crippen MR) is 124 cm³/mol. The van der Waals surface area contributed by atoms with Crippen molar-refractivity contribution >= 4 is 39.3 Å². The van der Waals surface area contributed by atoms with E-state index in [2.05, 4.69) is 5.32 Å². The van der Waals surface area contributed by atoms with Gasteiger partial charge in [0.25, 0.3) is 0 Å². The molecule has 0 aliphatic heterocycles. The minimum atomic E-state index is -1.08. The van der Waals surface area contributed by atoms with Gasteiger partial charge in [-0.1, -0.05) is 72.8 Å². The standard InChI is InChI=1S/C26H21NO5/c28-23-16-15-21(19-10-3-4-11-20(19)23)24(13-6-14-25(29)30)32-26(31)27-22-12-5-8-17-7-1-2-9-18(17)22/h1-12,14-16,24,28H,13H2,(H,27,31)(H,29,30)/b14-6+/t24-/m0/s1. The van der Waals surface area contributed by atoms with Crippen molar-refractivity contribution in [3.63, 3.8) is 0 Å². The Morgan fingerprint density at radius 3 is 2.34 bits per heavy atom. The molecule has 6 heteroatoms. The lowest BCUT2D eigenvalue weighted by atomic mass is 9.97. The summed E-state index contributed by atoms with van der Waals surface area (Å²) in [5, 5.41) is 25.1. The number of hydrogen-bond donors (Lipinski definition) is 3. The van der Waals surface area contributed by atoms with Crippen LogP contribution in [-0.2, 0) is 9.53 Å². The summed E-state index contributed by atoms with van der Waals surface area (Å²) < 4.78 is 5.74. The Morgan fingerprint density at radius 2 is 1.56 bits per heavy atom. The molecule has 0 bridgehead atoms. The highest BCUT2D eigenvalue weighted by Gasteiger charge is 2.20. The zero-order chi connectivity index (χ0) is 22.5. The van der Waals surface area contributed by atoms with Gasteiger partial charge in [0.2, 0.25) is 0 Å². The summed E-state index contributed by atoms with van der Waals surface area (Å²) in [7, 11) is 0. The van der Waals surface area contributed by atoms with E-state index >= 15 is 0 Å². The van der Waals surface area contributed by atoms with Crippen molar-refractivity contribution < 1.29 is 24.5 Å². The van der Waals surface area contributed by atoms with Crippen LogP contribution < -0.4 is 5.32 Å². The van der Waals surface area contributed by atoms with Crippen LogP contribution >= 0.6 is 0 Å². The second-order valence-electron chi connectivity index (χ2n) is 7.24. The molecule has 0 aromatic heterocycles. The molecule has 0 heterocycles. The van der Waals surface area contributed by atoms with Gasteiger partial charge in [0, 0.05) is 28.8 Å². The van der Waals surface area contributed by atoms with Gasteiger partial charge in [-0.3, -0.25) is 5.32 Å². The Morgan fingerprint density at radius 1 is 0.875 bits per heavy atom. The van der Waals surface area contributed by atoms with Crippen LogP contribution in [0.15, 0.2) is 91.0 Å². The fourth-order valence-corrected chi connectivity index (χ4v) is 3.72. The average molecular weight is 427 g/mol. The summed E-state index contributed by atoms with van der Waals surface area (Å²) in [6.07, 6.45) is 1.20. The maximum atomic E-state index is 12.8. The number of nitrogens with one attached hydrogen (secondary N) is 1. The van der Waals surface area contributed by atoms with Crippen molar-refractivity contribution in [2.45, 2.75) is 12.5 Å². The summed E-state index contributed by atoms with van der Waals surface area (Å²) in [6.45, 7) is 0. The number of carbonyl (C=O) groups excluding carboxylic acids is 1. The van der Waals surface area contributed by atoms with Gasteiger partial charge < -0.3 is 14.9 Å². The highest BCUT2D eigenvalue weighted by molar-refractivity contribution is 6.00. The van der Waals surface area contributed by atoms with Crippen LogP contribution in [-0.4, -0.2) is 22.3 Å². The van der Waals surface area contributed by atoms with Gasteiger partial charge in [-0.25, -0.2) is 9.59 Å². The molecule has 160 valence electrons. The summed E-state index contributed by atoms with van der Waals surface area (Å²) >= 11 is 0. The van der Waals surface area contributed by atoms with Crippen molar-refractivity contribution in [1.82, 2.24) is 0 Å². The first kappa shape index (κ1) is 20.9. The summed E-state index contributed by atoms with van der Waals surface area (Å²) in [5.74, 6) is -0.969. The number of phenolic OH excluding ortho intramolecular Hbond substituents is 1. The molecule has 4 rings (SSSR count). The van der Waals surface area contributed by atoms with Gasteiger partial charge in [-0.15, -0.1) is 0 Å². The Hall–Kier alpha value is -4.32. The van der Waals surface area contributed by atoms with Crippen LogP contribution in [0.5, 0.6) is 5.75 Å². The summed E-state index contributed by atoms with van der Waals surface area (Å²) in [5.41, 5.74) is 1.28. The van der Waals surface area contributed by atoms with E-state index < -0.39 is 18.2 Å². The fraction of sp³-hybridized carbons (Fsp3) is 0.0769. The normalized spacial score (nSPS) is 12.1. The predicted octanol–water partition coefficient (Wildman–Crippen LogP) is 6.02. The number of carboxylic acid groups (broad SMARTS) is 1. The van der Waals surface area contributed by atoms with E-state index in [1.165, 1.54) is 12.1 Å². The quantitative estimate of drug-likeness (QED) is 0.327. The molecule has 0 fully saturated rings. The Kier molecular flexibility index (Phi) is 6.03. The number of amides is 1. The number of carboxylic acids is 1. The molecule has 6 nitrogen and oxygen atoms in total. The number of aromatic hydroxyl groups is 1. The van der Waals surface area contributed by atoms with E-state index in [1.54, 1.807) is 24.3 Å². The SMILES string of the molecule is O=C(O)/C=C/C[C@H](OC(=O)Nc1cccc2ccccc12)c1ccc(O)c2ccccc12. The second-order valence-corrected chi connectivity index (χ2v) is 7.24. The molecule has 0 radical (unpaired) electrons. The van der Waals surface area contributed by atoms with Crippen molar-refractivity contribution in [2.24, 2.45) is 0 Å². The highest BCUT2D eigenvalue weighted by atomic mass is 16.6. The maximum Gasteiger partial charge on any atom is 0.412 e.